The molecule has 3 atom stereocenters. The molecule has 0 spiro atoms. The molecule has 2 rings (SSSR count). The fourth-order valence-electron chi connectivity index (χ4n) is 3.31. The van der Waals surface area contributed by atoms with Gasteiger partial charge in [0.1, 0.15) is 0 Å². The lowest BCUT2D eigenvalue weighted by Gasteiger charge is -2.25. The summed E-state index contributed by atoms with van der Waals surface area (Å²) in [6, 6.07) is 7.17. The first-order valence-electron chi connectivity index (χ1n) is 9.05. The van der Waals surface area contributed by atoms with Crippen LogP contribution in [0.3, 0.4) is 0 Å². The van der Waals surface area contributed by atoms with E-state index in [1.54, 1.807) is 36.3 Å². The van der Waals surface area contributed by atoms with Gasteiger partial charge in [-0.3, -0.25) is 9.59 Å². The smallest absolute Gasteiger partial charge is 0.254 e. The maximum absolute atomic E-state index is 12.7. The number of carbonyl (C=O) groups is 2. The molecule has 1 amide bonds. The molecule has 0 bridgehead atoms. The molecule has 25 heavy (non-hydrogen) atoms. The third-order valence-corrected chi connectivity index (χ3v) is 4.75. The van der Waals surface area contributed by atoms with Crippen LogP contribution in [0.5, 0.6) is 0 Å². The molecule has 0 heterocycles. The number of hydrogen-bond acceptors (Lipinski definition) is 3. The lowest BCUT2D eigenvalue weighted by atomic mass is 9.98. The van der Waals surface area contributed by atoms with Gasteiger partial charge in [-0.15, -0.1) is 0 Å². The molecule has 4 heteroatoms. The number of methoxy groups -OCH3 is 1. The zero-order valence-electron chi connectivity index (χ0n) is 16.1. The Bertz CT molecular complexity index is 582. The van der Waals surface area contributed by atoms with Crippen molar-refractivity contribution in [3.05, 3.63) is 47.5 Å². The molecule has 1 fully saturated rings. The minimum atomic E-state index is -0.0774. The first-order chi connectivity index (χ1) is 12.1. The summed E-state index contributed by atoms with van der Waals surface area (Å²) < 4.78 is 5.05. The van der Waals surface area contributed by atoms with Gasteiger partial charge >= 0.3 is 0 Å². The summed E-state index contributed by atoms with van der Waals surface area (Å²) in [5, 5.41) is 0. The summed E-state index contributed by atoms with van der Waals surface area (Å²) in [6.07, 6.45) is 6.92. The summed E-state index contributed by atoms with van der Waals surface area (Å²) in [5.41, 5.74) is 0.933. The molecule has 1 aromatic rings. The van der Waals surface area contributed by atoms with E-state index in [0.29, 0.717) is 29.6 Å². The topological polar surface area (TPSA) is 46.6 Å². The van der Waals surface area contributed by atoms with Crippen molar-refractivity contribution in [1.29, 1.82) is 0 Å². The van der Waals surface area contributed by atoms with Crippen LogP contribution < -0.4 is 0 Å². The molecule has 138 valence electrons. The molecule has 0 saturated heterocycles. The molecule has 0 unspecified atom stereocenters. The van der Waals surface area contributed by atoms with E-state index in [1.165, 1.54) is 0 Å². The summed E-state index contributed by atoms with van der Waals surface area (Å²) in [5.74, 6) is 0.919. The molecule has 1 saturated carbocycles. The first-order valence-corrected chi connectivity index (χ1v) is 9.05. The van der Waals surface area contributed by atoms with E-state index in [2.05, 4.69) is 13.0 Å². The lowest BCUT2D eigenvalue weighted by Crippen LogP contribution is -2.36. The quantitative estimate of drug-likeness (QED) is 0.573. The Kier molecular flexibility index (Phi) is 9.14. The van der Waals surface area contributed by atoms with E-state index in [9.17, 15) is 9.59 Å². The molecule has 0 radical (unpaired) electrons. The highest BCUT2D eigenvalue weighted by atomic mass is 16.5. The molecular formula is C21H31NO3. The zero-order valence-corrected chi connectivity index (χ0v) is 16.1. The Labute approximate surface area is 151 Å². The van der Waals surface area contributed by atoms with E-state index in [0.717, 1.165) is 19.1 Å². The van der Waals surface area contributed by atoms with Gasteiger partial charge in [-0.05, 0) is 30.7 Å². The Morgan fingerprint density at radius 1 is 1.28 bits per heavy atom. The van der Waals surface area contributed by atoms with Gasteiger partial charge in [0.25, 0.3) is 5.91 Å². The average molecular weight is 345 g/mol. The summed E-state index contributed by atoms with van der Waals surface area (Å²) in [4.78, 5) is 25.6. The fraction of sp³-hybridized carbons (Fsp3) is 0.524. The SMILES string of the molecule is CC.COC/C=C/[C@H]1C[C@@H](N(C)C(=O)c2ccccc2C=O)C[C@H]1C. The monoisotopic (exact) mass is 345 g/mol. The van der Waals surface area contributed by atoms with Crippen LogP contribution >= 0.6 is 0 Å². The highest BCUT2D eigenvalue weighted by molar-refractivity contribution is 6.01. The Morgan fingerprint density at radius 2 is 1.96 bits per heavy atom. The number of nitrogens with zero attached hydrogens (tertiary/aromatic N) is 1. The minimum absolute atomic E-state index is 0.0774. The van der Waals surface area contributed by atoms with Gasteiger partial charge in [-0.2, -0.15) is 0 Å². The number of hydrogen-bond donors (Lipinski definition) is 0. The van der Waals surface area contributed by atoms with Gasteiger partial charge < -0.3 is 9.64 Å². The van der Waals surface area contributed by atoms with Crippen molar-refractivity contribution in [3.63, 3.8) is 0 Å². The van der Waals surface area contributed by atoms with Crippen molar-refractivity contribution >= 4 is 12.2 Å². The summed E-state index contributed by atoms with van der Waals surface area (Å²) in [6.45, 7) is 6.84. The van der Waals surface area contributed by atoms with Crippen molar-refractivity contribution in [3.8, 4) is 0 Å². The second-order valence-corrected chi connectivity index (χ2v) is 6.27. The number of ether oxygens (including phenoxy) is 1. The number of allylic oxidation sites excluding steroid dienone is 1. The second kappa shape index (κ2) is 10.8. The number of amides is 1. The molecular weight excluding hydrogens is 314 g/mol. The van der Waals surface area contributed by atoms with Gasteiger partial charge in [-0.1, -0.05) is 51.1 Å². The highest BCUT2D eigenvalue weighted by Gasteiger charge is 2.34. The minimum Gasteiger partial charge on any atom is -0.381 e. The molecule has 1 aliphatic carbocycles. The predicted octanol–water partition coefficient (Wildman–Crippen LogP) is 4.21. The van der Waals surface area contributed by atoms with E-state index in [-0.39, 0.29) is 11.9 Å². The molecule has 1 aliphatic rings. The Hall–Kier alpha value is -1.94. The molecule has 0 aliphatic heterocycles. The van der Waals surface area contributed by atoms with Gasteiger partial charge in [-0.25, -0.2) is 0 Å². The van der Waals surface area contributed by atoms with Crippen LogP contribution in [0, 0.1) is 11.8 Å². The van der Waals surface area contributed by atoms with Crippen LogP contribution in [-0.4, -0.2) is 43.9 Å². The molecule has 4 nitrogen and oxygen atoms in total. The zero-order chi connectivity index (χ0) is 18.8. The number of rotatable bonds is 6. The van der Waals surface area contributed by atoms with Gasteiger partial charge in [0.05, 0.1) is 12.2 Å². The first kappa shape index (κ1) is 21.1. The standard InChI is InChI=1S/C19H25NO3.C2H6/c1-14-11-17(12-15(14)8-6-10-23-3)20(2)19(22)18-9-5-4-7-16(18)13-21;1-2/h4-9,13-15,17H,10-12H2,1-3H3;1-2H3/b8-6+;/t14-,15+,17+;/m1./s1. The van der Waals surface area contributed by atoms with Crippen molar-refractivity contribution in [2.75, 3.05) is 20.8 Å². The van der Waals surface area contributed by atoms with Gasteiger partial charge in [0.2, 0.25) is 0 Å². The number of aldehydes is 1. The summed E-state index contributed by atoms with van der Waals surface area (Å²) in [7, 11) is 3.52. The molecule has 0 aromatic heterocycles. The number of benzene rings is 1. The normalized spacial score (nSPS) is 22.4. The molecule has 1 aromatic carbocycles. The Balaban J connectivity index is 0.00000151. The fourth-order valence-corrected chi connectivity index (χ4v) is 3.31. The van der Waals surface area contributed by atoms with Gasteiger partial charge in [0, 0.05) is 25.8 Å². The lowest BCUT2D eigenvalue weighted by molar-refractivity contribution is 0.0729. The maximum atomic E-state index is 12.7. The average Bonchev–Trinajstić information content (AvgIpc) is 3.03. The van der Waals surface area contributed by atoms with Crippen molar-refractivity contribution in [1.82, 2.24) is 4.90 Å². The van der Waals surface area contributed by atoms with E-state index in [4.69, 9.17) is 4.74 Å². The molecule has 0 N–H and O–H groups in total. The third kappa shape index (κ3) is 5.53. The Morgan fingerprint density at radius 3 is 2.60 bits per heavy atom. The maximum Gasteiger partial charge on any atom is 0.254 e. The van der Waals surface area contributed by atoms with Crippen molar-refractivity contribution < 1.29 is 14.3 Å². The van der Waals surface area contributed by atoms with Crippen LogP contribution in [0.4, 0.5) is 0 Å². The van der Waals surface area contributed by atoms with Crippen molar-refractivity contribution in [2.45, 2.75) is 39.7 Å². The van der Waals surface area contributed by atoms with Crippen LogP contribution in [-0.2, 0) is 4.74 Å². The third-order valence-electron chi connectivity index (χ3n) is 4.75. The van der Waals surface area contributed by atoms with Gasteiger partial charge in [0.15, 0.2) is 6.29 Å². The predicted molar refractivity (Wildman–Crippen MR) is 102 cm³/mol. The van der Waals surface area contributed by atoms with Crippen LogP contribution in [0.15, 0.2) is 36.4 Å². The second-order valence-electron chi connectivity index (χ2n) is 6.27. The van der Waals surface area contributed by atoms with E-state index < -0.39 is 0 Å². The van der Waals surface area contributed by atoms with Crippen LogP contribution in [0.25, 0.3) is 0 Å². The highest BCUT2D eigenvalue weighted by Crippen LogP contribution is 2.35. The largest absolute Gasteiger partial charge is 0.381 e. The number of carbonyl (C=O) groups excluding carboxylic acids is 2. The van der Waals surface area contributed by atoms with Crippen LogP contribution in [0.2, 0.25) is 0 Å². The summed E-state index contributed by atoms with van der Waals surface area (Å²) >= 11 is 0. The van der Waals surface area contributed by atoms with E-state index in [1.807, 2.05) is 27.0 Å². The van der Waals surface area contributed by atoms with E-state index >= 15 is 0 Å². The van der Waals surface area contributed by atoms with Crippen LogP contribution in [0.1, 0.15) is 54.3 Å². The van der Waals surface area contributed by atoms with Crippen molar-refractivity contribution in [2.24, 2.45) is 11.8 Å².